The van der Waals surface area contributed by atoms with E-state index in [0.717, 1.165) is 24.9 Å². The van der Waals surface area contributed by atoms with Crippen LogP contribution in [0.5, 0.6) is 0 Å². The van der Waals surface area contributed by atoms with Gasteiger partial charge in [-0.3, -0.25) is 0 Å². The zero-order valence-electron chi connectivity index (χ0n) is 10.4. The molecule has 1 heterocycles. The van der Waals surface area contributed by atoms with Gasteiger partial charge in [0.15, 0.2) is 0 Å². The Kier molecular flexibility index (Phi) is 3.52. The minimum Gasteiger partial charge on any atom is -0.330 e. The van der Waals surface area contributed by atoms with Crippen LogP contribution < -0.4 is 5.73 Å². The highest BCUT2D eigenvalue weighted by Gasteiger charge is 2.24. The first kappa shape index (κ1) is 13.0. The molecular formula is C14H15Cl2N3. The maximum absolute atomic E-state index is 6.28. The number of aromatic nitrogens is 2. The fourth-order valence-corrected chi connectivity index (χ4v) is 3.13. The van der Waals surface area contributed by atoms with Gasteiger partial charge in [-0.1, -0.05) is 29.3 Å². The van der Waals surface area contributed by atoms with Gasteiger partial charge in [0, 0.05) is 5.69 Å². The van der Waals surface area contributed by atoms with E-state index in [1.54, 1.807) is 6.07 Å². The normalized spacial score (nSPS) is 18.4. The molecule has 0 fully saturated rings. The van der Waals surface area contributed by atoms with Gasteiger partial charge >= 0.3 is 0 Å². The van der Waals surface area contributed by atoms with Crippen molar-refractivity contribution in [3.63, 3.8) is 0 Å². The van der Waals surface area contributed by atoms with Crippen molar-refractivity contribution in [2.45, 2.75) is 25.2 Å². The Morgan fingerprint density at radius 3 is 3.00 bits per heavy atom. The Morgan fingerprint density at radius 1 is 1.37 bits per heavy atom. The second-order valence-electron chi connectivity index (χ2n) is 4.86. The Labute approximate surface area is 122 Å². The van der Waals surface area contributed by atoms with Crippen LogP contribution in [0, 0.1) is 0 Å². The summed E-state index contributed by atoms with van der Waals surface area (Å²) in [5, 5.41) is 5.58. The summed E-state index contributed by atoms with van der Waals surface area (Å²) in [5.74, 6) is 0.412. The Morgan fingerprint density at radius 2 is 2.21 bits per heavy atom. The van der Waals surface area contributed by atoms with Gasteiger partial charge in [0.1, 0.15) is 0 Å². The van der Waals surface area contributed by atoms with Gasteiger partial charge in [-0.15, -0.1) is 0 Å². The lowest BCUT2D eigenvalue weighted by atomic mass is 9.87. The van der Waals surface area contributed by atoms with Crippen molar-refractivity contribution in [1.82, 2.24) is 9.78 Å². The third kappa shape index (κ3) is 2.16. The summed E-state index contributed by atoms with van der Waals surface area (Å²) >= 11 is 12.4. The Bertz CT molecular complexity index is 607. The number of rotatable bonds is 2. The van der Waals surface area contributed by atoms with Crippen LogP contribution >= 0.6 is 23.2 Å². The summed E-state index contributed by atoms with van der Waals surface area (Å²) in [6, 6.07) is 5.61. The molecule has 0 saturated heterocycles. The van der Waals surface area contributed by atoms with E-state index in [1.165, 1.54) is 11.3 Å². The first-order valence-corrected chi connectivity index (χ1v) is 7.19. The molecule has 100 valence electrons. The smallest absolute Gasteiger partial charge is 0.0850 e. The predicted octanol–water partition coefficient (Wildman–Crippen LogP) is 3.56. The maximum Gasteiger partial charge on any atom is 0.0850 e. The van der Waals surface area contributed by atoms with Crippen LogP contribution in [0.3, 0.4) is 0 Å². The van der Waals surface area contributed by atoms with Crippen LogP contribution in [0.15, 0.2) is 24.4 Å². The number of hydrogen-bond donors (Lipinski definition) is 1. The molecule has 1 aromatic carbocycles. The van der Waals surface area contributed by atoms with Crippen LogP contribution in [-0.4, -0.2) is 16.3 Å². The minimum atomic E-state index is 0.412. The molecule has 0 aliphatic heterocycles. The molecule has 3 rings (SSSR count). The van der Waals surface area contributed by atoms with E-state index in [-0.39, 0.29) is 0 Å². The van der Waals surface area contributed by atoms with Crippen LogP contribution in [0.1, 0.15) is 30.0 Å². The minimum absolute atomic E-state index is 0.412. The fraction of sp³-hybridized carbons (Fsp3) is 0.357. The largest absolute Gasteiger partial charge is 0.330 e. The van der Waals surface area contributed by atoms with Crippen molar-refractivity contribution >= 4 is 23.2 Å². The molecule has 0 bridgehead atoms. The van der Waals surface area contributed by atoms with Gasteiger partial charge in [0.2, 0.25) is 0 Å². The predicted molar refractivity (Wildman–Crippen MR) is 78.3 cm³/mol. The molecule has 1 aromatic heterocycles. The van der Waals surface area contributed by atoms with Crippen molar-refractivity contribution in [2.24, 2.45) is 5.73 Å². The average molecular weight is 296 g/mol. The lowest BCUT2D eigenvalue weighted by Gasteiger charge is -2.22. The first-order valence-electron chi connectivity index (χ1n) is 6.43. The van der Waals surface area contributed by atoms with Gasteiger partial charge in [-0.05, 0) is 49.4 Å². The van der Waals surface area contributed by atoms with E-state index < -0.39 is 0 Å². The SMILES string of the molecule is NCC1CCCc2c1cnn2-c1cccc(Cl)c1Cl. The highest BCUT2D eigenvalue weighted by molar-refractivity contribution is 6.43. The molecule has 0 saturated carbocycles. The average Bonchev–Trinajstić information content (AvgIpc) is 2.85. The van der Waals surface area contributed by atoms with Crippen molar-refractivity contribution < 1.29 is 0 Å². The summed E-state index contributed by atoms with van der Waals surface area (Å²) in [5.41, 5.74) is 9.14. The molecule has 0 amide bonds. The molecule has 1 aliphatic rings. The third-order valence-corrected chi connectivity index (χ3v) is 4.56. The molecule has 1 aliphatic carbocycles. The van der Waals surface area contributed by atoms with E-state index in [4.69, 9.17) is 28.9 Å². The standard InChI is InChI=1S/C14H15Cl2N3/c15-11-4-2-6-13(14(11)16)19-12-5-1-3-9(7-17)10(12)8-18-19/h2,4,6,8-9H,1,3,5,7,17H2. The number of nitrogens with zero attached hydrogens (tertiary/aromatic N) is 2. The fourth-order valence-electron chi connectivity index (χ4n) is 2.76. The molecule has 0 spiro atoms. The van der Waals surface area contributed by atoms with Gasteiger partial charge in [-0.25, -0.2) is 4.68 Å². The zero-order chi connectivity index (χ0) is 13.4. The second-order valence-corrected chi connectivity index (χ2v) is 5.64. The van der Waals surface area contributed by atoms with Crippen LogP contribution in [0.25, 0.3) is 5.69 Å². The molecule has 5 heteroatoms. The molecule has 3 nitrogen and oxygen atoms in total. The number of nitrogens with two attached hydrogens (primary N) is 1. The zero-order valence-corrected chi connectivity index (χ0v) is 12.0. The van der Waals surface area contributed by atoms with Crippen LogP contribution in [0.4, 0.5) is 0 Å². The quantitative estimate of drug-likeness (QED) is 0.921. The Balaban J connectivity index is 2.12. The van der Waals surface area contributed by atoms with Gasteiger partial charge < -0.3 is 5.73 Å². The topological polar surface area (TPSA) is 43.8 Å². The summed E-state index contributed by atoms with van der Waals surface area (Å²) < 4.78 is 1.91. The number of halogens is 2. The molecule has 0 radical (unpaired) electrons. The lowest BCUT2D eigenvalue weighted by Crippen LogP contribution is -2.18. The highest BCUT2D eigenvalue weighted by Crippen LogP contribution is 2.35. The van der Waals surface area contributed by atoms with Crippen molar-refractivity contribution in [3.05, 3.63) is 45.7 Å². The van der Waals surface area contributed by atoms with Crippen molar-refractivity contribution in [2.75, 3.05) is 6.54 Å². The molecular weight excluding hydrogens is 281 g/mol. The van der Waals surface area contributed by atoms with Gasteiger partial charge in [0.25, 0.3) is 0 Å². The monoisotopic (exact) mass is 295 g/mol. The van der Waals surface area contributed by atoms with Crippen LogP contribution in [0.2, 0.25) is 10.0 Å². The summed E-state index contributed by atoms with van der Waals surface area (Å²) in [4.78, 5) is 0. The molecule has 2 aromatic rings. The highest BCUT2D eigenvalue weighted by atomic mass is 35.5. The summed E-state index contributed by atoms with van der Waals surface area (Å²) in [7, 11) is 0. The van der Waals surface area contributed by atoms with Crippen molar-refractivity contribution in [1.29, 1.82) is 0 Å². The molecule has 2 N–H and O–H groups in total. The van der Waals surface area contributed by atoms with Gasteiger partial charge in [-0.2, -0.15) is 5.10 Å². The summed E-state index contributed by atoms with van der Waals surface area (Å²) in [6.45, 7) is 0.669. The lowest BCUT2D eigenvalue weighted by molar-refractivity contribution is 0.549. The molecule has 1 unspecified atom stereocenters. The van der Waals surface area contributed by atoms with E-state index >= 15 is 0 Å². The van der Waals surface area contributed by atoms with E-state index in [2.05, 4.69) is 5.10 Å². The Hall–Kier alpha value is -1.03. The maximum atomic E-state index is 6.28. The van der Waals surface area contributed by atoms with Crippen LogP contribution in [-0.2, 0) is 6.42 Å². The van der Waals surface area contributed by atoms with Crippen molar-refractivity contribution in [3.8, 4) is 5.69 Å². The third-order valence-electron chi connectivity index (χ3n) is 3.75. The number of benzene rings is 1. The van der Waals surface area contributed by atoms with E-state index in [1.807, 2.05) is 23.0 Å². The number of fused-ring (bicyclic) bond motifs is 1. The van der Waals surface area contributed by atoms with E-state index in [0.29, 0.717) is 22.5 Å². The van der Waals surface area contributed by atoms with E-state index in [9.17, 15) is 0 Å². The van der Waals surface area contributed by atoms with Gasteiger partial charge in [0.05, 0.1) is 21.9 Å². The second kappa shape index (κ2) is 5.16. The number of hydrogen-bond acceptors (Lipinski definition) is 2. The molecule has 1 atom stereocenters. The first-order chi connectivity index (χ1) is 9.22. The summed E-state index contributed by atoms with van der Waals surface area (Å²) in [6.07, 6.45) is 5.20. The molecule has 19 heavy (non-hydrogen) atoms.